The summed E-state index contributed by atoms with van der Waals surface area (Å²) >= 11 is 5.23. The Bertz CT molecular complexity index is 467. The van der Waals surface area contributed by atoms with Crippen molar-refractivity contribution in [3.8, 4) is 0 Å². The largest absolute Gasteiger partial charge is 0.235 e. The molecule has 2 aromatic heterocycles. The van der Waals surface area contributed by atoms with E-state index in [0.29, 0.717) is 0 Å². The molecule has 92 valence electrons. The van der Waals surface area contributed by atoms with E-state index in [2.05, 4.69) is 25.9 Å². The van der Waals surface area contributed by atoms with E-state index in [4.69, 9.17) is 0 Å². The van der Waals surface area contributed by atoms with Crippen LogP contribution in [0.2, 0.25) is 0 Å². The molecule has 0 aliphatic rings. The highest BCUT2D eigenvalue weighted by Crippen LogP contribution is 2.24. The first-order chi connectivity index (χ1) is 8.25. The Morgan fingerprint density at radius 3 is 2.82 bits per heavy atom. The van der Waals surface area contributed by atoms with Crippen LogP contribution in [0.3, 0.4) is 0 Å². The molecule has 0 saturated heterocycles. The smallest absolute Gasteiger partial charge is 0.209 e. The predicted molar refractivity (Wildman–Crippen MR) is 71.7 cm³/mol. The average Bonchev–Trinajstić information content (AvgIpc) is 2.88. The van der Waals surface area contributed by atoms with E-state index in [9.17, 15) is 0 Å². The highest BCUT2D eigenvalue weighted by Gasteiger charge is 2.03. The lowest BCUT2D eigenvalue weighted by Gasteiger charge is -1.98. The Labute approximate surface area is 112 Å². The van der Waals surface area contributed by atoms with Gasteiger partial charge >= 0.3 is 0 Å². The zero-order valence-electron chi connectivity index (χ0n) is 9.66. The molecule has 0 saturated carbocycles. The summed E-state index contributed by atoms with van der Waals surface area (Å²) in [6.07, 6.45) is 1.13. The molecule has 0 aliphatic carbocycles. The number of hydrogen-bond acceptors (Lipinski definition) is 7. The maximum atomic E-state index is 4.41. The Kier molecular flexibility index (Phi) is 4.81. The maximum Gasteiger partial charge on any atom is 0.209 e. The van der Waals surface area contributed by atoms with Crippen LogP contribution < -0.4 is 0 Å². The van der Waals surface area contributed by atoms with Gasteiger partial charge < -0.3 is 0 Å². The Morgan fingerprint density at radius 2 is 2.18 bits per heavy atom. The van der Waals surface area contributed by atoms with E-state index < -0.39 is 0 Å². The molecule has 2 heterocycles. The van der Waals surface area contributed by atoms with Crippen molar-refractivity contribution in [2.24, 2.45) is 7.05 Å². The molecule has 2 rings (SSSR count). The Hall–Kier alpha value is -0.600. The molecule has 0 amide bonds. The lowest BCUT2D eigenvalue weighted by Crippen LogP contribution is -1.94. The molecule has 17 heavy (non-hydrogen) atoms. The zero-order chi connectivity index (χ0) is 12.1. The predicted octanol–water partition coefficient (Wildman–Crippen LogP) is 2.25. The second-order valence-electron chi connectivity index (χ2n) is 3.39. The van der Waals surface area contributed by atoms with Crippen molar-refractivity contribution in [3.63, 3.8) is 0 Å². The summed E-state index contributed by atoms with van der Waals surface area (Å²) in [6.45, 7) is 2.03. The van der Waals surface area contributed by atoms with E-state index in [1.807, 2.05) is 25.7 Å². The normalized spacial score (nSPS) is 10.9. The fraction of sp³-hybridized carbons (Fsp3) is 0.556. The van der Waals surface area contributed by atoms with Gasteiger partial charge in [-0.3, -0.25) is 0 Å². The van der Waals surface area contributed by atoms with Gasteiger partial charge in [0.1, 0.15) is 4.34 Å². The van der Waals surface area contributed by atoms with Gasteiger partial charge in [-0.15, -0.1) is 16.4 Å². The van der Waals surface area contributed by atoms with Crippen molar-refractivity contribution >= 4 is 34.9 Å². The van der Waals surface area contributed by atoms with Crippen molar-refractivity contribution < 1.29 is 0 Å². The molecule has 0 bridgehead atoms. The van der Waals surface area contributed by atoms with Gasteiger partial charge in [-0.05, 0) is 23.8 Å². The summed E-state index contributed by atoms with van der Waals surface area (Å²) in [4.78, 5) is 4.41. The van der Waals surface area contributed by atoms with Gasteiger partial charge in [-0.2, -0.15) is 0 Å². The fourth-order valence-electron chi connectivity index (χ4n) is 1.12. The van der Waals surface area contributed by atoms with E-state index in [0.717, 1.165) is 33.1 Å². The molecule has 0 aliphatic heterocycles. The van der Waals surface area contributed by atoms with Crippen LogP contribution in [0.25, 0.3) is 0 Å². The average molecular weight is 287 g/mol. The first-order valence-corrected chi connectivity index (χ1v) is 8.01. The van der Waals surface area contributed by atoms with Gasteiger partial charge in [0.15, 0.2) is 0 Å². The minimum atomic E-state index is 0.875. The second kappa shape index (κ2) is 6.36. The molecule has 0 unspecified atom stereocenters. The molecule has 8 heteroatoms. The van der Waals surface area contributed by atoms with Crippen LogP contribution >= 0.6 is 34.9 Å². The summed E-state index contributed by atoms with van der Waals surface area (Å²) < 4.78 is 2.86. The summed E-state index contributed by atoms with van der Waals surface area (Å²) in [5.41, 5.74) is 1.11. The summed E-state index contributed by atoms with van der Waals surface area (Å²) in [5, 5.41) is 14.3. The highest BCUT2D eigenvalue weighted by atomic mass is 32.2. The van der Waals surface area contributed by atoms with E-state index >= 15 is 0 Å². The molecule has 5 nitrogen and oxygen atoms in total. The highest BCUT2D eigenvalue weighted by molar-refractivity contribution is 8.01. The topological polar surface area (TPSA) is 56.5 Å². The number of aryl methyl sites for hydroxylation is 2. The molecule has 0 spiro atoms. The van der Waals surface area contributed by atoms with Gasteiger partial charge in [0, 0.05) is 29.6 Å². The van der Waals surface area contributed by atoms with E-state index in [1.54, 1.807) is 27.8 Å². The second-order valence-corrected chi connectivity index (χ2v) is 6.65. The van der Waals surface area contributed by atoms with Crippen LogP contribution in [0.4, 0.5) is 0 Å². The van der Waals surface area contributed by atoms with Crippen molar-refractivity contribution in [1.29, 1.82) is 0 Å². The summed E-state index contributed by atoms with van der Waals surface area (Å²) in [5.74, 6) is 2.12. The van der Waals surface area contributed by atoms with Crippen LogP contribution in [0.15, 0.2) is 14.9 Å². The first kappa shape index (κ1) is 12.8. The summed E-state index contributed by atoms with van der Waals surface area (Å²) in [7, 11) is 1.86. The molecular formula is C9H13N5S3. The van der Waals surface area contributed by atoms with Crippen LogP contribution in [-0.4, -0.2) is 36.7 Å². The van der Waals surface area contributed by atoms with Crippen LogP contribution in [-0.2, 0) is 7.05 Å². The minimum Gasteiger partial charge on any atom is -0.235 e. The van der Waals surface area contributed by atoms with Gasteiger partial charge in [-0.1, -0.05) is 23.5 Å². The fourth-order valence-corrected chi connectivity index (χ4v) is 3.95. The SMILES string of the molecule is Cc1csc(SCCCSc2nnnn2C)n1. The van der Waals surface area contributed by atoms with Crippen molar-refractivity contribution in [1.82, 2.24) is 25.2 Å². The van der Waals surface area contributed by atoms with Gasteiger partial charge in [0.25, 0.3) is 0 Å². The Balaban J connectivity index is 1.62. The van der Waals surface area contributed by atoms with Gasteiger partial charge in [-0.25, -0.2) is 9.67 Å². The zero-order valence-corrected chi connectivity index (χ0v) is 12.1. The molecule has 0 aromatic carbocycles. The van der Waals surface area contributed by atoms with Crippen LogP contribution in [0, 0.1) is 6.92 Å². The number of tetrazole rings is 1. The number of thiazole rings is 1. The van der Waals surface area contributed by atoms with Crippen molar-refractivity contribution in [2.75, 3.05) is 11.5 Å². The lowest BCUT2D eigenvalue weighted by molar-refractivity contribution is 0.664. The third-order valence-corrected chi connectivity index (χ3v) is 5.25. The van der Waals surface area contributed by atoms with Crippen molar-refractivity contribution in [2.45, 2.75) is 22.8 Å². The van der Waals surface area contributed by atoms with Crippen molar-refractivity contribution in [3.05, 3.63) is 11.1 Å². The molecule has 0 N–H and O–H groups in total. The lowest BCUT2D eigenvalue weighted by atomic mass is 10.6. The third kappa shape index (κ3) is 3.97. The number of hydrogen-bond donors (Lipinski definition) is 0. The summed E-state index contributed by atoms with van der Waals surface area (Å²) in [6, 6.07) is 0. The first-order valence-electron chi connectivity index (χ1n) is 5.16. The van der Waals surface area contributed by atoms with Gasteiger partial charge in [0.05, 0.1) is 0 Å². The number of aromatic nitrogens is 5. The van der Waals surface area contributed by atoms with Crippen LogP contribution in [0.5, 0.6) is 0 Å². The molecular weight excluding hydrogens is 274 g/mol. The van der Waals surface area contributed by atoms with Gasteiger partial charge in [0.2, 0.25) is 5.16 Å². The van der Waals surface area contributed by atoms with E-state index in [1.165, 1.54) is 0 Å². The third-order valence-electron chi connectivity index (χ3n) is 1.92. The molecule has 0 atom stereocenters. The minimum absolute atomic E-state index is 0.875. The Morgan fingerprint density at radius 1 is 1.35 bits per heavy atom. The van der Waals surface area contributed by atoms with E-state index in [-0.39, 0.29) is 0 Å². The standard InChI is InChI=1S/C9H13N5S3/c1-7-6-17-9(10-7)16-5-3-4-15-8-11-12-13-14(8)2/h6H,3-5H2,1-2H3. The number of thioether (sulfide) groups is 2. The maximum absolute atomic E-state index is 4.41. The monoisotopic (exact) mass is 287 g/mol. The van der Waals surface area contributed by atoms with Crippen LogP contribution in [0.1, 0.15) is 12.1 Å². The quantitative estimate of drug-likeness (QED) is 0.600. The molecule has 0 radical (unpaired) electrons. The molecule has 2 aromatic rings. The number of rotatable bonds is 6. The number of nitrogens with zero attached hydrogens (tertiary/aromatic N) is 5. The molecule has 0 fully saturated rings.